The van der Waals surface area contributed by atoms with Crippen LogP contribution in [0.4, 0.5) is 4.48 Å². The first-order chi connectivity index (χ1) is 2.41. The van der Waals surface area contributed by atoms with Crippen molar-refractivity contribution in [2.75, 3.05) is 0 Å². The molecule has 30 valence electrons. The number of nitriles is 1. The van der Waals surface area contributed by atoms with E-state index in [9.17, 15) is 0 Å². The number of halogens is 1. The highest BCUT2D eigenvalue weighted by Crippen LogP contribution is 1.21. The zero-order valence-corrected chi connectivity index (χ0v) is 2.90. The monoisotopic (exact) mass is 76.0 g/mol. The van der Waals surface area contributed by atoms with E-state index in [1.54, 1.807) is 6.07 Å². The van der Waals surface area contributed by atoms with E-state index in [2.05, 4.69) is 5.96 Å². The maximum Gasteiger partial charge on any atom is 0.0587 e. The van der Waals surface area contributed by atoms with Crippen LogP contribution in [0.1, 0.15) is 6.92 Å². The Bertz CT molecular complexity index is 29.1. The lowest BCUT2D eigenvalue weighted by Crippen LogP contribution is -1.53. The van der Waals surface area contributed by atoms with E-state index in [0.29, 0.717) is 0 Å². The van der Waals surface area contributed by atoms with Crippen molar-refractivity contribution in [2.24, 2.45) is 5.96 Å². The first kappa shape index (κ1) is 8.83. The first-order valence-corrected chi connectivity index (χ1v) is 0.942. The summed E-state index contributed by atoms with van der Waals surface area (Å²) in [5.74, 6) is 3.00. The van der Waals surface area contributed by atoms with Crippen LogP contribution in [0, 0.1) is 11.3 Å². The predicted molar refractivity (Wildman–Crippen MR) is 16.6 cm³/mol. The third kappa shape index (κ3) is 16.7. The molecule has 0 aliphatic heterocycles. The van der Waals surface area contributed by atoms with Crippen LogP contribution in [-0.4, -0.2) is 0 Å². The third-order valence-corrected chi connectivity index (χ3v) is 0. The number of hydrogen-bond donors (Lipinski definition) is 1. The maximum atomic E-state index is 9.00. The molecule has 0 aromatic heterocycles. The molecule has 0 aliphatic rings. The molecule has 2 N–H and O–H groups in total. The zero-order chi connectivity index (χ0) is 4.71. The summed E-state index contributed by atoms with van der Waals surface area (Å²) in [7, 11) is 0. The van der Waals surface area contributed by atoms with Crippen LogP contribution >= 0.6 is 0 Å². The second kappa shape index (κ2) is 133. The third-order valence-electron chi connectivity index (χ3n) is 0. The molecular formula is C2H5FN2. The Morgan fingerprint density at radius 3 is 1.80 bits per heavy atom. The Labute approximate surface area is 29.9 Å². The minimum Gasteiger partial charge on any atom is -0.199 e. The fraction of sp³-hybridized carbons (Fsp3) is 0.500. The lowest BCUT2D eigenvalue weighted by molar-refractivity contribution is 0.530. The smallest absolute Gasteiger partial charge is 0.0587 e. The Hall–Kier alpha value is -0.620. The zero-order valence-electron chi connectivity index (χ0n) is 2.90. The van der Waals surface area contributed by atoms with Crippen LogP contribution in [-0.2, 0) is 0 Å². The van der Waals surface area contributed by atoms with E-state index in [-0.39, 0.29) is 0 Å². The lowest BCUT2D eigenvalue weighted by Gasteiger charge is -1.16. The van der Waals surface area contributed by atoms with Crippen molar-refractivity contribution >= 4 is 0 Å². The first-order valence-electron chi connectivity index (χ1n) is 0.942. The average molecular weight is 76.1 g/mol. The fourth-order valence-electron chi connectivity index (χ4n) is 0. The van der Waals surface area contributed by atoms with Gasteiger partial charge in [0.25, 0.3) is 0 Å². The standard InChI is InChI=1S/C2H3N.FH2N/c1-2-3;1-2/h1H3;2H2. The molecule has 0 aromatic carbocycles. The molecule has 0 rings (SSSR count). The number of hydrogen-bond acceptors (Lipinski definition) is 2. The molecule has 0 saturated heterocycles. The predicted octanol–water partition coefficient (Wildman–Crippen LogP) is 0.359. The van der Waals surface area contributed by atoms with Gasteiger partial charge in [0.15, 0.2) is 0 Å². The van der Waals surface area contributed by atoms with Crippen LogP contribution in [0.3, 0.4) is 0 Å². The van der Waals surface area contributed by atoms with Crippen molar-refractivity contribution in [2.45, 2.75) is 6.92 Å². The molecule has 0 amide bonds. The van der Waals surface area contributed by atoms with Crippen LogP contribution in [0.2, 0.25) is 0 Å². The van der Waals surface area contributed by atoms with Gasteiger partial charge in [-0.15, -0.1) is 4.48 Å². The molecule has 0 atom stereocenters. The Morgan fingerprint density at radius 2 is 1.80 bits per heavy atom. The SMILES string of the molecule is CC#N.NF. The van der Waals surface area contributed by atoms with Gasteiger partial charge in [-0.25, -0.2) is 0 Å². The highest BCUT2D eigenvalue weighted by atomic mass is 19.2. The van der Waals surface area contributed by atoms with Crippen molar-refractivity contribution < 1.29 is 4.48 Å². The molecule has 0 spiro atoms. The minimum atomic E-state index is 1.43. The Morgan fingerprint density at radius 1 is 1.80 bits per heavy atom. The van der Waals surface area contributed by atoms with E-state index >= 15 is 0 Å². The molecule has 3 heteroatoms. The summed E-state index contributed by atoms with van der Waals surface area (Å²) < 4.78 is 9.00. The van der Waals surface area contributed by atoms with Crippen LogP contribution in [0.15, 0.2) is 0 Å². The lowest BCUT2D eigenvalue weighted by atomic mass is 11.0. The van der Waals surface area contributed by atoms with Gasteiger partial charge >= 0.3 is 0 Å². The minimum absolute atomic E-state index is 1.43. The summed E-state index contributed by atoms with van der Waals surface area (Å²) >= 11 is 0. The van der Waals surface area contributed by atoms with Gasteiger partial charge in [0.2, 0.25) is 0 Å². The highest BCUT2D eigenvalue weighted by molar-refractivity contribution is 4.51. The van der Waals surface area contributed by atoms with Gasteiger partial charge in [0.05, 0.1) is 6.07 Å². The van der Waals surface area contributed by atoms with E-state index in [4.69, 9.17) is 9.74 Å². The van der Waals surface area contributed by atoms with Crippen LogP contribution < -0.4 is 5.96 Å². The second-order valence-electron chi connectivity index (χ2n) is 0.224. The molecule has 0 saturated carbocycles. The molecule has 0 bridgehead atoms. The van der Waals surface area contributed by atoms with Gasteiger partial charge in [-0.05, 0) is 0 Å². The molecule has 0 aromatic rings. The van der Waals surface area contributed by atoms with E-state index in [1.165, 1.54) is 6.92 Å². The van der Waals surface area contributed by atoms with Crippen molar-refractivity contribution in [3.63, 3.8) is 0 Å². The van der Waals surface area contributed by atoms with Crippen molar-refractivity contribution in [3.05, 3.63) is 0 Å². The molecule has 0 heterocycles. The molecular weight excluding hydrogens is 71.0 g/mol. The highest BCUT2D eigenvalue weighted by Gasteiger charge is 1.17. The summed E-state index contributed by atoms with van der Waals surface area (Å²) in [5.41, 5.74) is 0. The largest absolute Gasteiger partial charge is 0.199 e. The van der Waals surface area contributed by atoms with Gasteiger partial charge in [0.1, 0.15) is 0 Å². The summed E-state index contributed by atoms with van der Waals surface area (Å²) in [6.07, 6.45) is 0. The molecule has 2 nitrogen and oxygen atoms in total. The molecule has 5 heavy (non-hydrogen) atoms. The summed E-state index contributed by atoms with van der Waals surface area (Å²) in [6.45, 7) is 1.43. The normalized spacial score (nSPS) is 2.80. The van der Waals surface area contributed by atoms with Gasteiger partial charge in [0, 0.05) is 6.92 Å². The molecule has 0 aliphatic carbocycles. The van der Waals surface area contributed by atoms with Crippen LogP contribution in [0.5, 0.6) is 0 Å². The van der Waals surface area contributed by atoms with Crippen molar-refractivity contribution in [3.8, 4) is 6.07 Å². The van der Waals surface area contributed by atoms with Gasteiger partial charge in [-0.1, -0.05) is 0 Å². The molecule has 0 radical (unpaired) electrons. The Balaban J connectivity index is 0. The van der Waals surface area contributed by atoms with Crippen molar-refractivity contribution in [1.82, 2.24) is 0 Å². The second-order valence-corrected chi connectivity index (χ2v) is 0.224. The number of nitrogens with two attached hydrogens (primary N) is 1. The topological polar surface area (TPSA) is 49.8 Å². The van der Waals surface area contributed by atoms with Gasteiger partial charge < -0.3 is 0 Å². The number of rotatable bonds is 0. The van der Waals surface area contributed by atoms with E-state index in [0.717, 1.165) is 0 Å². The van der Waals surface area contributed by atoms with E-state index < -0.39 is 0 Å². The number of nitrogens with zero attached hydrogens (tertiary/aromatic N) is 1. The van der Waals surface area contributed by atoms with E-state index in [1.807, 2.05) is 0 Å². The van der Waals surface area contributed by atoms with Crippen molar-refractivity contribution in [1.29, 1.82) is 5.26 Å². The summed E-state index contributed by atoms with van der Waals surface area (Å²) in [6, 6.07) is 1.75. The summed E-state index contributed by atoms with van der Waals surface area (Å²) in [4.78, 5) is 0. The molecule has 0 unspecified atom stereocenters. The maximum absolute atomic E-state index is 9.00. The summed E-state index contributed by atoms with van der Waals surface area (Å²) in [5, 5.41) is 7.32. The van der Waals surface area contributed by atoms with Crippen LogP contribution in [0.25, 0.3) is 0 Å². The van der Waals surface area contributed by atoms with Gasteiger partial charge in [-0.3, -0.25) is 0 Å². The average Bonchev–Trinajstić information content (AvgIpc) is 1.46. The van der Waals surface area contributed by atoms with Gasteiger partial charge in [-0.2, -0.15) is 11.2 Å². The molecule has 0 fully saturated rings. The Kier molecular flexibility index (Phi) is 234. The quantitative estimate of drug-likeness (QED) is 0.423. The fourth-order valence-corrected chi connectivity index (χ4v) is 0.